The van der Waals surface area contributed by atoms with Gasteiger partial charge in [-0.3, -0.25) is 4.68 Å². The third-order valence-electron chi connectivity index (χ3n) is 1.85. The van der Waals surface area contributed by atoms with Crippen LogP contribution in [0.5, 0.6) is 5.88 Å². The van der Waals surface area contributed by atoms with Crippen LogP contribution in [-0.2, 0) is 13.6 Å². The molecule has 0 aromatic carbocycles. The van der Waals surface area contributed by atoms with Gasteiger partial charge in [0, 0.05) is 12.7 Å². The highest BCUT2D eigenvalue weighted by Crippen LogP contribution is 2.20. The van der Waals surface area contributed by atoms with Gasteiger partial charge in [0.25, 0.3) is 0 Å². The van der Waals surface area contributed by atoms with Gasteiger partial charge in [0.05, 0.1) is 7.11 Å². The van der Waals surface area contributed by atoms with Gasteiger partial charge in [-0.15, -0.1) is 5.10 Å². The summed E-state index contributed by atoms with van der Waals surface area (Å²) in [6, 6.07) is 0. The van der Waals surface area contributed by atoms with Gasteiger partial charge in [-0.05, 0) is 6.92 Å². The van der Waals surface area contributed by atoms with Crippen LogP contribution in [0.3, 0.4) is 0 Å². The van der Waals surface area contributed by atoms with E-state index in [1.807, 2.05) is 14.0 Å². The maximum atomic E-state index is 6.75. The largest absolute Gasteiger partial charge is 0.480 e. The third kappa shape index (κ3) is 1.26. The zero-order chi connectivity index (χ0) is 9.14. The van der Waals surface area contributed by atoms with E-state index in [1.165, 1.54) is 0 Å². The standard InChI is InChI=1S/C8H11N3O/c1-6-7(5-9-2)8(12-4)10-11(6)3/h5H2,1,3-4H3. The third-order valence-corrected chi connectivity index (χ3v) is 1.85. The van der Waals surface area contributed by atoms with Crippen LogP contribution < -0.4 is 4.74 Å². The van der Waals surface area contributed by atoms with E-state index in [-0.39, 0.29) is 0 Å². The fraction of sp³-hybridized carbons (Fsp3) is 0.500. The SMILES string of the molecule is [C-]#[N+]Cc1c(OC)nn(C)c1C. The van der Waals surface area contributed by atoms with Gasteiger partial charge in [-0.1, -0.05) is 0 Å². The Morgan fingerprint density at radius 1 is 1.67 bits per heavy atom. The molecule has 1 aromatic heterocycles. The van der Waals surface area contributed by atoms with Crippen molar-refractivity contribution in [2.45, 2.75) is 13.5 Å². The molecule has 0 radical (unpaired) electrons. The molecule has 1 heterocycles. The summed E-state index contributed by atoms with van der Waals surface area (Å²) in [7, 11) is 3.40. The van der Waals surface area contributed by atoms with Crippen LogP contribution in [0.1, 0.15) is 11.3 Å². The van der Waals surface area contributed by atoms with Gasteiger partial charge in [0.15, 0.2) is 0 Å². The number of aromatic nitrogens is 2. The highest BCUT2D eigenvalue weighted by molar-refractivity contribution is 5.31. The number of hydrogen-bond acceptors (Lipinski definition) is 2. The molecule has 4 heteroatoms. The van der Waals surface area contributed by atoms with Gasteiger partial charge in [-0.2, -0.15) is 0 Å². The molecule has 0 amide bonds. The normalized spacial score (nSPS) is 9.50. The van der Waals surface area contributed by atoms with Crippen molar-refractivity contribution in [3.63, 3.8) is 0 Å². The first-order chi connectivity index (χ1) is 5.70. The molecule has 64 valence electrons. The molecular formula is C8H11N3O. The second-order valence-electron chi connectivity index (χ2n) is 2.51. The van der Waals surface area contributed by atoms with Gasteiger partial charge in [0.1, 0.15) is 5.56 Å². The molecular weight excluding hydrogens is 154 g/mol. The van der Waals surface area contributed by atoms with E-state index >= 15 is 0 Å². The second-order valence-corrected chi connectivity index (χ2v) is 2.51. The summed E-state index contributed by atoms with van der Waals surface area (Å²) < 4.78 is 6.75. The molecule has 0 spiro atoms. The fourth-order valence-corrected chi connectivity index (χ4v) is 1.05. The highest BCUT2D eigenvalue weighted by atomic mass is 16.5. The van der Waals surface area contributed by atoms with Crippen LogP contribution in [0.15, 0.2) is 0 Å². The van der Waals surface area contributed by atoms with Crippen molar-refractivity contribution in [3.05, 3.63) is 22.7 Å². The Hall–Kier alpha value is -1.50. The molecule has 0 fully saturated rings. The van der Waals surface area contributed by atoms with Crippen molar-refractivity contribution in [2.24, 2.45) is 7.05 Å². The maximum absolute atomic E-state index is 6.75. The Morgan fingerprint density at radius 3 is 2.83 bits per heavy atom. The Morgan fingerprint density at radius 2 is 2.33 bits per heavy atom. The molecule has 0 atom stereocenters. The number of ether oxygens (including phenoxy) is 1. The maximum Gasteiger partial charge on any atom is 0.246 e. The zero-order valence-corrected chi connectivity index (χ0v) is 7.46. The molecule has 4 nitrogen and oxygen atoms in total. The van der Waals surface area contributed by atoms with Gasteiger partial charge in [-0.25, -0.2) is 6.57 Å². The number of rotatable bonds is 2. The molecule has 12 heavy (non-hydrogen) atoms. The molecule has 0 aliphatic rings. The monoisotopic (exact) mass is 165 g/mol. The van der Waals surface area contributed by atoms with E-state index in [2.05, 4.69) is 9.94 Å². The molecule has 1 rings (SSSR count). The minimum Gasteiger partial charge on any atom is -0.480 e. The summed E-state index contributed by atoms with van der Waals surface area (Å²) in [5.41, 5.74) is 1.87. The van der Waals surface area contributed by atoms with Gasteiger partial charge < -0.3 is 9.58 Å². The van der Waals surface area contributed by atoms with Crippen molar-refractivity contribution in [1.82, 2.24) is 9.78 Å². The first-order valence-electron chi connectivity index (χ1n) is 3.60. The van der Waals surface area contributed by atoms with Crippen LogP contribution >= 0.6 is 0 Å². The summed E-state index contributed by atoms with van der Waals surface area (Å²) in [5.74, 6) is 0.561. The Labute approximate surface area is 71.6 Å². The molecule has 0 unspecified atom stereocenters. The Balaban J connectivity index is 3.14. The molecule has 0 saturated carbocycles. The van der Waals surface area contributed by atoms with E-state index in [0.717, 1.165) is 11.3 Å². The van der Waals surface area contributed by atoms with Crippen LogP contribution in [0.25, 0.3) is 4.85 Å². The van der Waals surface area contributed by atoms with Crippen LogP contribution in [0.4, 0.5) is 0 Å². The van der Waals surface area contributed by atoms with E-state index in [4.69, 9.17) is 11.3 Å². The smallest absolute Gasteiger partial charge is 0.246 e. The van der Waals surface area contributed by atoms with E-state index in [0.29, 0.717) is 12.4 Å². The van der Waals surface area contributed by atoms with Crippen molar-refractivity contribution in [3.8, 4) is 5.88 Å². The zero-order valence-electron chi connectivity index (χ0n) is 7.46. The minimum absolute atomic E-state index is 0.336. The lowest BCUT2D eigenvalue weighted by Gasteiger charge is -1.93. The first kappa shape index (κ1) is 8.60. The van der Waals surface area contributed by atoms with Crippen LogP contribution in [0.2, 0.25) is 0 Å². The first-order valence-corrected chi connectivity index (χ1v) is 3.60. The summed E-state index contributed by atoms with van der Waals surface area (Å²) in [5, 5.41) is 4.10. The van der Waals surface area contributed by atoms with Crippen molar-refractivity contribution in [2.75, 3.05) is 7.11 Å². The molecule has 0 N–H and O–H groups in total. The van der Waals surface area contributed by atoms with Gasteiger partial charge in [0.2, 0.25) is 12.4 Å². The topological polar surface area (TPSA) is 31.4 Å². The van der Waals surface area contributed by atoms with Gasteiger partial charge >= 0.3 is 0 Å². The summed E-state index contributed by atoms with van der Waals surface area (Å²) in [6.45, 7) is 9.01. The number of aryl methyl sites for hydroxylation is 1. The average molecular weight is 165 g/mol. The lowest BCUT2D eigenvalue weighted by atomic mass is 10.2. The molecule has 0 aliphatic heterocycles. The lowest BCUT2D eigenvalue weighted by Crippen LogP contribution is -1.93. The number of nitrogens with zero attached hydrogens (tertiary/aromatic N) is 3. The average Bonchev–Trinajstić information content (AvgIpc) is 2.33. The van der Waals surface area contributed by atoms with Crippen molar-refractivity contribution in [1.29, 1.82) is 0 Å². The highest BCUT2D eigenvalue weighted by Gasteiger charge is 2.14. The molecule has 0 bridgehead atoms. The van der Waals surface area contributed by atoms with Crippen molar-refractivity contribution >= 4 is 0 Å². The number of methoxy groups -OCH3 is 1. The number of hydrogen-bond donors (Lipinski definition) is 0. The Kier molecular flexibility index (Phi) is 2.34. The van der Waals surface area contributed by atoms with Crippen LogP contribution in [0, 0.1) is 13.5 Å². The lowest BCUT2D eigenvalue weighted by molar-refractivity contribution is 0.388. The van der Waals surface area contributed by atoms with E-state index in [9.17, 15) is 0 Å². The van der Waals surface area contributed by atoms with Crippen molar-refractivity contribution < 1.29 is 4.74 Å². The molecule has 0 saturated heterocycles. The summed E-state index contributed by atoms with van der Waals surface area (Å²) in [6.07, 6.45) is 0. The molecule has 0 aliphatic carbocycles. The minimum atomic E-state index is 0.336. The molecule has 1 aromatic rings. The summed E-state index contributed by atoms with van der Waals surface area (Å²) in [4.78, 5) is 3.31. The van der Waals surface area contributed by atoms with Crippen LogP contribution in [-0.4, -0.2) is 16.9 Å². The van der Waals surface area contributed by atoms with E-state index in [1.54, 1.807) is 11.8 Å². The predicted octanol–water partition coefficient (Wildman–Crippen LogP) is 1.16. The summed E-state index contributed by atoms with van der Waals surface area (Å²) >= 11 is 0. The van der Waals surface area contributed by atoms with E-state index < -0.39 is 0 Å². The second kappa shape index (κ2) is 3.26. The predicted molar refractivity (Wildman–Crippen MR) is 44.8 cm³/mol. The quantitative estimate of drug-likeness (QED) is 0.616. The fourth-order valence-electron chi connectivity index (χ4n) is 1.05. The Bertz CT molecular complexity index is 322.